The number of hydrogen-bond acceptors (Lipinski definition) is 4. The Balaban J connectivity index is 2.03. The van der Waals surface area contributed by atoms with Crippen LogP contribution in [0.1, 0.15) is 47.4 Å². The second kappa shape index (κ2) is 5.23. The van der Waals surface area contributed by atoms with Crippen molar-refractivity contribution in [3.05, 3.63) is 23.0 Å². The van der Waals surface area contributed by atoms with E-state index in [1.165, 1.54) is 12.8 Å². The number of rotatable bonds is 1. The first-order chi connectivity index (χ1) is 9.66. The zero-order chi connectivity index (χ0) is 14.1. The summed E-state index contributed by atoms with van der Waals surface area (Å²) in [6.07, 6.45) is 4.59. The Morgan fingerprint density at radius 1 is 1.20 bits per heavy atom. The molecule has 5 nitrogen and oxygen atoms in total. The molecule has 5 heteroatoms. The second-order valence-electron chi connectivity index (χ2n) is 5.47. The molecule has 1 aliphatic heterocycles. The van der Waals surface area contributed by atoms with Crippen LogP contribution in [0.3, 0.4) is 0 Å². The molecule has 20 heavy (non-hydrogen) atoms. The van der Waals surface area contributed by atoms with Gasteiger partial charge in [0.15, 0.2) is 0 Å². The molecule has 0 radical (unpaired) electrons. The summed E-state index contributed by atoms with van der Waals surface area (Å²) in [4.78, 5) is 19.1. The zero-order valence-electron chi connectivity index (χ0n) is 12.0. The molecule has 2 aromatic rings. The molecule has 1 fully saturated rings. The molecule has 0 aliphatic carbocycles. The average molecular weight is 273 g/mol. The van der Waals surface area contributed by atoms with Crippen LogP contribution in [-0.2, 0) is 0 Å². The normalized spacial score (nSPS) is 16.4. The predicted octanol–water partition coefficient (Wildman–Crippen LogP) is 2.86. The van der Waals surface area contributed by atoms with E-state index in [9.17, 15) is 4.79 Å². The molecule has 3 rings (SSSR count). The largest absolute Gasteiger partial charge is 0.339 e. The Labute approximate surface area is 117 Å². The molecule has 2 aromatic heterocycles. The number of fused-ring (bicyclic) bond motifs is 1. The van der Waals surface area contributed by atoms with Gasteiger partial charge in [-0.3, -0.25) is 4.79 Å². The van der Waals surface area contributed by atoms with Gasteiger partial charge < -0.3 is 9.42 Å². The Hall–Kier alpha value is -1.91. The van der Waals surface area contributed by atoms with Crippen molar-refractivity contribution < 1.29 is 9.32 Å². The van der Waals surface area contributed by atoms with Gasteiger partial charge in [0.2, 0.25) is 0 Å². The van der Waals surface area contributed by atoms with Gasteiger partial charge in [0.25, 0.3) is 11.6 Å². The van der Waals surface area contributed by atoms with E-state index in [4.69, 9.17) is 4.52 Å². The second-order valence-corrected chi connectivity index (χ2v) is 5.47. The molecular formula is C15H19N3O2. The van der Waals surface area contributed by atoms with Gasteiger partial charge in [-0.1, -0.05) is 18.0 Å². The molecule has 1 aliphatic rings. The number of nitrogens with zero attached hydrogens (tertiary/aromatic N) is 3. The van der Waals surface area contributed by atoms with Crippen molar-refractivity contribution in [1.82, 2.24) is 15.0 Å². The SMILES string of the molecule is Cc1cc(C(=O)N2CCCCCC2)c2c(C)noc2n1. The number of amides is 1. The first kappa shape index (κ1) is 13.1. The van der Waals surface area contributed by atoms with Gasteiger partial charge in [-0.25, -0.2) is 4.98 Å². The zero-order valence-corrected chi connectivity index (χ0v) is 12.0. The van der Waals surface area contributed by atoms with Gasteiger partial charge in [0.05, 0.1) is 16.6 Å². The fourth-order valence-electron chi connectivity index (χ4n) is 2.83. The number of likely N-dealkylation sites (tertiary alicyclic amines) is 1. The maximum absolute atomic E-state index is 12.8. The lowest BCUT2D eigenvalue weighted by Crippen LogP contribution is -2.32. The number of aryl methyl sites for hydroxylation is 2. The van der Waals surface area contributed by atoms with Crippen molar-refractivity contribution in [2.45, 2.75) is 39.5 Å². The minimum Gasteiger partial charge on any atom is -0.339 e. The number of aromatic nitrogens is 2. The Kier molecular flexibility index (Phi) is 3.42. The van der Waals surface area contributed by atoms with Crippen LogP contribution in [0.25, 0.3) is 11.1 Å². The van der Waals surface area contributed by atoms with Crippen LogP contribution in [0, 0.1) is 13.8 Å². The van der Waals surface area contributed by atoms with Crippen molar-refractivity contribution >= 4 is 17.0 Å². The summed E-state index contributed by atoms with van der Waals surface area (Å²) in [5, 5.41) is 4.69. The molecule has 0 spiro atoms. The quantitative estimate of drug-likeness (QED) is 0.801. The first-order valence-electron chi connectivity index (χ1n) is 7.20. The molecule has 3 heterocycles. The summed E-state index contributed by atoms with van der Waals surface area (Å²) in [6, 6.07) is 1.85. The molecule has 0 bridgehead atoms. The van der Waals surface area contributed by atoms with Crippen molar-refractivity contribution in [1.29, 1.82) is 0 Å². The molecular weight excluding hydrogens is 254 g/mol. The van der Waals surface area contributed by atoms with Gasteiger partial charge in [-0.2, -0.15) is 0 Å². The average Bonchev–Trinajstić information content (AvgIpc) is 2.68. The van der Waals surface area contributed by atoms with E-state index in [0.29, 0.717) is 11.3 Å². The standard InChI is InChI=1S/C15H19N3O2/c1-10-9-12(13-11(2)17-20-14(13)16-10)15(19)18-7-5-3-4-6-8-18/h9H,3-8H2,1-2H3. The number of carbonyl (C=O) groups is 1. The third-order valence-electron chi connectivity index (χ3n) is 3.87. The topological polar surface area (TPSA) is 59.2 Å². The highest BCUT2D eigenvalue weighted by molar-refractivity contribution is 6.06. The van der Waals surface area contributed by atoms with E-state index < -0.39 is 0 Å². The minimum atomic E-state index is 0.0775. The van der Waals surface area contributed by atoms with Gasteiger partial charge in [0, 0.05) is 18.8 Å². The third kappa shape index (κ3) is 2.28. The van der Waals surface area contributed by atoms with Gasteiger partial charge in [-0.05, 0) is 32.8 Å². The van der Waals surface area contributed by atoms with E-state index in [-0.39, 0.29) is 5.91 Å². The van der Waals surface area contributed by atoms with Crippen molar-refractivity contribution in [3.63, 3.8) is 0 Å². The van der Waals surface area contributed by atoms with Crippen LogP contribution in [0.15, 0.2) is 10.6 Å². The molecule has 0 atom stereocenters. The van der Waals surface area contributed by atoms with E-state index in [2.05, 4.69) is 10.1 Å². The van der Waals surface area contributed by atoms with Crippen molar-refractivity contribution in [2.75, 3.05) is 13.1 Å². The fraction of sp³-hybridized carbons (Fsp3) is 0.533. The highest BCUT2D eigenvalue weighted by Crippen LogP contribution is 2.24. The van der Waals surface area contributed by atoms with Crippen LogP contribution in [0.4, 0.5) is 0 Å². The van der Waals surface area contributed by atoms with Gasteiger partial charge >= 0.3 is 0 Å². The number of pyridine rings is 1. The summed E-state index contributed by atoms with van der Waals surface area (Å²) in [5.41, 5.74) is 2.64. The molecule has 0 unspecified atom stereocenters. The van der Waals surface area contributed by atoms with Crippen LogP contribution >= 0.6 is 0 Å². The molecule has 0 N–H and O–H groups in total. The van der Waals surface area contributed by atoms with E-state index in [0.717, 1.165) is 42.7 Å². The molecule has 1 saturated heterocycles. The predicted molar refractivity (Wildman–Crippen MR) is 75.6 cm³/mol. The lowest BCUT2D eigenvalue weighted by Gasteiger charge is -2.20. The van der Waals surface area contributed by atoms with Crippen molar-refractivity contribution in [2.24, 2.45) is 0 Å². The summed E-state index contributed by atoms with van der Waals surface area (Å²) in [5.74, 6) is 0.0775. The smallest absolute Gasteiger partial charge is 0.258 e. The Morgan fingerprint density at radius 3 is 2.60 bits per heavy atom. The fourth-order valence-corrected chi connectivity index (χ4v) is 2.83. The van der Waals surface area contributed by atoms with Crippen LogP contribution in [0.5, 0.6) is 0 Å². The van der Waals surface area contributed by atoms with Crippen LogP contribution in [-0.4, -0.2) is 34.0 Å². The number of hydrogen-bond donors (Lipinski definition) is 0. The van der Waals surface area contributed by atoms with Crippen LogP contribution in [0.2, 0.25) is 0 Å². The highest BCUT2D eigenvalue weighted by atomic mass is 16.5. The van der Waals surface area contributed by atoms with Gasteiger partial charge in [-0.15, -0.1) is 0 Å². The summed E-state index contributed by atoms with van der Waals surface area (Å²) in [6.45, 7) is 5.40. The summed E-state index contributed by atoms with van der Waals surface area (Å²) >= 11 is 0. The summed E-state index contributed by atoms with van der Waals surface area (Å²) in [7, 11) is 0. The molecule has 0 aromatic carbocycles. The maximum Gasteiger partial charge on any atom is 0.258 e. The molecule has 1 amide bonds. The Morgan fingerprint density at radius 2 is 1.90 bits per heavy atom. The number of carbonyl (C=O) groups excluding carboxylic acids is 1. The lowest BCUT2D eigenvalue weighted by molar-refractivity contribution is 0.0763. The minimum absolute atomic E-state index is 0.0775. The van der Waals surface area contributed by atoms with E-state index in [1.807, 2.05) is 24.8 Å². The van der Waals surface area contributed by atoms with E-state index >= 15 is 0 Å². The highest BCUT2D eigenvalue weighted by Gasteiger charge is 2.23. The molecule has 106 valence electrons. The first-order valence-corrected chi connectivity index (χ1v) is 7.20. The monoisotopic (exact) mass is 273 g/mol. The van der Waals surface area contributed by atoms with E-state index in [1.54, 1.807) is 0 Å². The maximum atomic E-state index is 12.8. The summed E-state index contributed by atoms with van der Waals surface area (Å²) < 4.78 is 5.20. The molecule has 0 saturated carbocycles. The van der Waals surface area contributed by atoms with Crippen molar-refractivity contribution in [3.8, 4) is 0 Å². The Bertz CT molecular complexity index is 640. The lowest BCUT2D eigenvalue weighted by atomic mass is 10.1. The third-order valence-corrected chi connectivity index (χ3v) is 3.87. The van der Waals surface area contributed by atoms with Gasteiger partial charge in [0.1, 0.15) is 0 Å². The van der Waals surface area contributed by atoms with Crippen LogP contribution < -0.4 is 0 Å².